The van der Waals surface area contributed by atoms with Crippen LogP contribution in [0.1, 0.15) is 31.2 Å². The second kappa shape index (κ2) is 6.38. The Morgan fingerprint density at radius 1 is 1.23 bits per heavy atom. The van der Waals surface area contributed by atoms with Gasteiger partial charge in [0.15, 0.2) is 5.82 Å². The molecule has 1 aromatic rings. The predicted molar refractivity (Wildman–Crippen MR) is 67.9 cm³/mol. The molecular weight excluding hydrogens is 304 g/mol. The first-order valence-corrected chi connectivity index (χ1v) is 6.73. The molecular formula is C14H14F4N2O2. The molecule has 0 unspecified atom stereocenters. The van der Waals surface area contributed by atoms with E-state index in [2.05, 4.69) is 4.98 Å². The molecule has 2 rings (SSSR count). The van der Waals surface area contributed by atoms with E-state index in [1.165, 1.54) is 7.11 Å². The number of aromatic nitrogens is 1. The molecule has 1 aliphatic rings. The van der Waals surface area contributed by atoms with Crippen molar-refractivity contribution in [3.05, 3.63) is 17.4 Å². The van der Waals surface area contributed by atoms with Gasteiger partial charge in [-0.3, -0.25) is 0 Å². The lowest BCUT2D eigenvalue weighted by molar-refractivity contribution is -0.185. The maximum absolute atomic E-state index is 13.8. The standard InChI is InChI=1S/C14H14F4N2O2/c1-21-12-8(7-19)6-11(15)13(20-12)22-10-4-2-9(3-5-10)14(16,17)18/h6,9-10H,2-5H2,1H3. The van der Waals surface area contributed by atoms with Gasteiger partial charge in [0, 0.05) is 6.07 Å². The number of rotatable bonds is 3. The molecule has 0 saturated heterocycles. The molecule has 1 fully saturated rings. The third-order valence-electron chi connectivity index (χ3n) is 3.64. The Morgan fingerprint density at radius 3 is 2.36 bits per heavy atom. The fourth-order valence-electron chi connectivity index (χ4n) is 2.44. The van der Waals surface area contributed by atoms with E-state index in [4.69, 9.17) is 14.7 Å². The van der Waals surface area contributed by atoms with Crippen molar-refractivity contribution in [2.24, 2.45) is 5.92 Å². The normalized spacial score (nSPS) is 22.0. The Balaban J connectivity index is 2.05. The zero-order valence-corrected chi connectivity index (χ0v) is 11.8. The lowest BCUT2D eigenvalue weighted by Gasteiger charge is -2.29. The fourth-order valence-corrected chi connectivity index (χ4v) is 2.44. The zero-order chi connectivity index (χ0) is 16.3. The van der Waals surface area contributed by atoms with Crippen molar-refractivity contribution in [3.8, 4) is 17.8 Å². The number of ether oxygens (including phenoxy) is 2. The van der Waals surface area contributed by atoms with E-state index >= 15 is 0 Å². The molecule has 4 nitrogen and oxygen atoms in total. The van der Waals surface area contributed by atoms with Gasteiger partial charge >= 0.3 is 6.18 Å². The Labute approximate surface area is 124 Å². The van der Waals surface area contributed by atoms with Crippen LogP contribution in [-0.2, 0) is 0 Å². The summed E-state index contributed by atoms with van der Waals surface area (Å²) in [6, 6.07) is 2.67. The van der Waals surface area contributed by atoms with Gasteiger partial charge in [-0.15, -0.1) is 0 Å². The number of hydrogen-bond acceptors (Lipinski definition) is 4. The van der Waals surface area contributed by atoms with Crippen LogP contribution < -0.4 is 9.47 Å². The van der Waals surface area contributed by atoms with Crippen LogP contribution in [0.4, 0.5) is 17.6 Å². The summed E-state index contributed by atoms with van der Waals surface area (Å²) in [6.07, 6.45) is -4.49. The van der Waals surface area contributed by atoms with Crippen LogP contribution in [0, 0.1) is 23.1 Å². The van der Waals surface area contributed by atoms with Crippen molar-refractivity contribution in [2.75, 3.05) is 7.11 Å². The molecule has 0 aromatic carbocycles. The Morgan fingerprint density at radius 2 is 1.86 bits per heavy atom. The minimum Gasteiger partial charge on any atom is -0.480 e. The number of halogens is 4. The van der Waals surface area contributed by atoms with Gasteiger partial charge in [-0.05, 0) is 25.7 Å². The highest BCUT2D eigenvalue weighted by Crippen LogP contribution is 2.38. The second-order valence-electron chi connectivity index (χ2n) is 5.08. The maximum atomic E-state index is 13.8. The Hall–Kier alpha value is -2.04. The molecule has 0 N–H and O–H groups in total. The molecule has 0 radical (unpaired) electrons. The minimum absolute atomic E-state index is 0.0524. The number of pyridine rings is 1. The van der Waals surface area contributed by atoms with Crippen LogP contribution in [-0.4, -0.2) is 24.4 Å². The van der Waals surface area contributed by atoms with Gasteiger partial charge in [0.2, 0.25) is 5.88 Å². The van der Waals surface area contributed by atoms with Crippen LogP contribution in [0.25, 0.3) is 0 Å². The molecule has 0 spiro atoms. The summed E-state index contributed by atoms with van der Waals surface area (Å²) < 4.78 is 61.7. The highest BCUT2D eigenvalue weighted by molar-refractivity contribution is 5.41. The van der Waals surface area contributed by atoms with E-state index in [-0.39, 0.29) is 43.0 Å². The molecule has 8 heteroatoms. The van der Waals surface area contributed by atoms with E-state index < -0.39 is 24.0 Å². The summed E-state index contributed by atoms with van der Waals surface area (Å²) >= 11 is 0. The van der Waals surface area contributed by atoms with Gasteiger partial charge in [0.05, 0.1) is 13.0 Å². The Kier molecular flexibility index (Phi) is 4.74. The molecule has 1 saturated carbocycles. The van der Waals surface area contributed by atoms with Crippen LogP contribution in [0.15, 0.2) is 6.07 Å². The van der Waals surface area contributed by atoms with E-state index in [1.807, 2.05) is 0 Å². The lowest BCUT2D eigenvalue weighted by Crippen LogP contribution is -2.32. The number of hydrogen-bond donors (Lipinski definition) is 0. The number of nitriles is 1. The summed E-state index contributed by atoms with van der Waals surface area (Å²) in [7, 11) is 1.28. The molecule has 22 heavy (non-hydrogen) atoms. The van der Waals surface area contributed by atoms with Crippen molar-refractivity contribution in [1.82, 2.24) is 4.98 Å². The summed E-state index contributed by atoms with van der Waals surface area (Å²) in [6.45, 7) is 0. The van der Waals surface area contributed by atoms with Gasteiger partial charge in [0.25, 0.3) is 5.88 Å². The van der Waals surface area contributed by atoms with Gasteiger partial charge in [-0.2, -0.15) is 23.4 Å². The molecule has 1 aromatic heterocycles. The molecule has 1 aliphatic carbocycles. The van der Waals surface area contributed by atoms with Crippen LogP contribution in [0.2, 0.25) is 0 Å². The molecule has 0 amide bonds. The first-order chi connectivity index (χ1) is 10.3. The van der Waals surface area contributed by atoms with Crippen molar-refractivity contribution >= 4 is 0 Å². The van der Waals surface area contributed by atoms with Crippen molar-refractivity contribution in [2.45, 2.75) is 38.0 Å². The first kappa shape index (κ1) is 16.3. The minimum atomic E-state index is -4.20. The van der Waals surface area contributed by atoms with Gasteiger partial charge < -0.3 is 9.47 Å². The third-order valence-corrected chi connectivity index (χ3v) is 3.64. The quantitative estimate of drug-likeness (QED) is 0.799. The van der Waals surface area contributed by atoms with Crippen LogP contribution >= 0.6 is 0 Å². The van der Waals surface area contributed by atoms with Crippen molar-refractivity contribution in [3.63, 3.8) is 0 Å². The lowest BCUT2D eigenvalue weighted by atomic mass is 9.87. The number of nitrogens with zero attached hydrogens (tertiary/aromatic N) is 2. The van der Waals surface area contributed by atoms with Crippen LogP contribution in [0.5, 0.6) is 11.8 Å². The molecule has 1 heterocycles. The maximum Gasteiger partial charge on any atom is 0.391 e. The second-order valence-corrected chi connectivity index (χ2v) is 5.08. The topological polar surface area (TPSA) is 55.1 Å². The molecule has 0 atom stereocenters. The average Bonchev–Trinajstić information content (AvgIpc) is 2.48. The van der Waals surface area contributed by atoms with Crippen molar-refractivity contribution < 1.29 is 27.0 Å². The fraction of sp³-hybridized carbons (Fsp3) is 0.571. The van der Waals surface area contributed by atoms with E-state index in [0.717, 1.165) is 6.07 Å². The average molecular weight is 318 g/mol. The predicted octanol–water partition coefficient (Wildman–Crippen LogP) is 3.60. The SMILES string of the molecule is COc1nc(OC2CCC(C(F)(F)F)CC2)c(F)cc1C#N. The smallest absolute Gasteiger partial charge is 0.391 e. The molecule has 0 bridgehead atoms. The third kappa shape index (κ3) is 3.59. The summed E-state index contributed by atoms with van der Waals surface area (Å²) in [5, 5.41) is 8.81. The van der Waals surface area contributed by atoms with Gasteiger partial charge in [0.1, 0.15) is 17.7 Å². The van der Waals surface area contributed by atoms with Gasteiger partial charge in [-0.25, -0.2) is 4.39 Å². The highest BCUT2D eigenvalue weighted by Gasteiger charge is 2.42. The highest BCUT2D eigenvalue weighted by atomic mass is 19.4. The summed E-state index contributed by atoms with van der Waals surface area (Å²) in [5.74, 6) is -2.61. The zero-order valence-electron chi connectivity index (χ0n) is 11.8. The van der Waals surface area contributed by atoms with E-state index in [9.17, 15) is 17.6 Å². The van der Waals surface area contributed by atoms with Crippen molar-refractivity contribution in [1.29, 1.82) is 5.26 Å². The first-order valence-electron chi connectivity index (χ1n) is 6.73. The van der Waals surface area contributed by atoms with E-state index in [0.29, 0.717) is 0 Å². The van der Waals surface area contributed by atoms with Crippen LogP contribution in [0.3, 0.4) is 0 Å². The van der Waals surface area contributed by atoms with E-state index in [1.54, 1.807) is 6.07 Å². The Bertz CT molecular complexity index is 575. The monoisotopic (exact) mass is 318 g/mol. The van der Waals surface area contributed by atoms with Gasteiger partial charge in [-0.1, -0.05) is 0 Å². The summed E-state index contributed by atoms with van der Waals surface area (Å²) in [5.41, 5.74) is -0.0758. The molecule has 0 aliphatic heterocycles. The summed E-state index contributed by atoms with van der Waals surface area (Å²) in [4.78, 5) is 3.76. The number of alkyl halides is 3. The number of methoxy groups -OCH3 is 1. The molecule has 120 valence electrons. The largest absolute Gasteiger partial charge is 0.480 e.